The number of hydrogen-bond donors (Lipinski definition) is 4. The highest BCUT2D eigenvalue weighted by Gasteiger charge is 1.86. The van der Waals surface area contributed by atoms with E-state index in [1.165, 1.54) is 0 Å². The van der Waals surface area contributed by atoms with Gasteiger partial charge in [0.15, 0.2) is 0 Å². The number of nitrogen functional groups attached to an aromatic ring is 2. The van der Waals surface area contributed by atoms with Crippen molar-refractivity contribution in [3.8, 4) is 0 Å². The van der Waals surface area contributed by atoms with Crippen LogP contribution in [-0.4, -0.2) is 0 Å². The molecule has 0 radical (unpaired) electrons. The summed E-state index contributed by atoms with van der Waals surface area (Å²) in [5.74, 6) is 0. The van der Waals surface area contributed by atoms with E-state index in [0.29, 0.717) is 13.1 Å². The molecule has 0 aliphatic carbocycles. The van der Waals surface area contributed by atoms with Crippen LogP contribution in [0, 0.1) is 0 Å². The molecule has 18 heavy (non-hydrogen) atoms. The molecule has 0 bridgehead atoms. The van der Waals surface area contributed by atoms with E-state index in [1.54, 1.807) is 0 Å². The summed E-state index contributed by atoms with van der Waals surface area (Å²) in [6, 6.07) is 15.1. The van der Waals surface area contributed by atoms with Crippen LogP contribution in [0.4, 0.5) is 11.4 Å². The van der Waals surface area contributed by atoms with Gasteiger partial charge in [-0.05, 0) is 35.4 Å². The molecule has 2 rings (SSSR count). The van der Waals surface area contributed by atoms with Crippen molar-refractivity contribution in [1.29, 1.82) is 0 Å². The molecular weight excluding hydrogens is 224 g/mol. The Balaban J connectivity index is 0.000000180. The van der Waals surface area contributed by atoms with Crippen LogP contribution in [0.25, 0.3) is 0 Å². The molecule has 0 amide bonds. The second-order valence-electron chi connectivity index (χ2n) is 3.89. The lowest BCUT2D eigenvalue weighted by Crippen LogP contribution is -1.96. The van der Waals surface area contributed by atoms with E-state index in [1.807, 2.05) is 48.5 Å². The van der Waals surface area contributed by atoms with Crippen LogP contribution in [0.3, 0.4) is 0 Å². The van der Waals surface area contributed by atoms with E-state index < -0.39 is 0 Å². The number of hydrogen-bond acceptors (Lipinski definition) is 4. The minimum atomic E-state index is 0.561. The second kappa shape index (κ2) is 7.32. The summed E-state index contributed by atoms with van der Waals surface area (Å²) in [5, 5.41) is 0. The smallest absolute Gasteiger partial charge is 0.0317 e. The van der Waals surface area contributed by atoms with E-state index in [2.05, 4.69) is 0 Å². The Bertz CT molecular complexity index is 465. The Morgan fingerprint density at radius 2 is 1.28 bits per heavy atom. The summed E-state index contributed by atoms with van der Waals surface area (Å²) in [5.41, 5.74) is 25.4. The van der Waals surface area contributed by atoms with Gasteiger partial charge in [-0.15, -0.1) is 0 Å². The Labute approximate surface area is 108 Å². The molecule has 2 aromatic carbocycles. The van der Waals surface area contributed by atoms with Crippen LogP contribution in [0.2, 0.25) is 0 Å². The van der Waals surface area contributed by atoms with E-state index in [4.69, 9.17) is 22.9 Å². The molecule has 0 unspecified atom stereocenters. The summed E-state index contributed by atoms with van der Waals surface area (Å²) in [6.07, 6.45) is 0. The first-order chi connectivity index (χ1) is 8.65. The van der Waals surface area contributed by atoms with Gasteiger partial charge in [-0.1, -0.05) is 24.3 Å². The second-order valence-corrected chi connectivity index (χ2v) is 3.89. The molecule has 0 aliphatic rings. The quantitative estimate of drug-likeness (QED) is 0.600. The zero-order valence-corrected chi connectivity index (χ0v) is 10.3. The maximum absolute atomic E-state index is 5.48. The maximum atomic E-state index is 5.48. The lowest BCUT2D eigenvalue weighted by atomic mass is 10.2. The predicted molar refractivity (Wildman–Crippen MR) is 77.5 cm³/mol. The fourth-order valence-electron chi connectivity index (χ4n) is 1.37. The number of nitrogens with two attached hydrogens (primary N) is 4. The monoisotopic (exact) mass is 244 g/mol. The number of rotatable bonds is 2. The SMILES string of the molecule is NCc1ccc(N)cc1.NCc1cccc(N)c1. The van der Waals surface area contributed by atoms with Crippen molar-refractivity contribution in [3.63, 3.8) is 0 Å². The van der Waals surface area contributed by atoms with E-state index in [0.717, 1.165) is 22.5 Å². The van der Waals surface area contributed by atoms with Gasteiger partial charge >= 0.3 is 0 Å². The summed E-state index contributed by atoms with van der Waals surface area (Å²) in [6.45, 7) is 1.14. The van der Waals surface area contributed by atoms with E-state index in [-0.39, 0.29) is 0 Å². The Morgan fingerprint density at radius 3 is 1.72 bits per heavy atom. The average Bonchev–Trinajstić information content (AvgIpc) is 2.40. The third-order valence-electron chi connectivity index (χ3n) is 2.40. The molecule has 0 aromatic heterocycles. The van der Waals surface area contributed by atoms with Gasteiger partial charge in [0.1, 0.15) is 0 Å². The predicted octanol–water partition coefficient (Wildman–Crippen LogP) is 1.45. The highest BCUT2D eigenvalue weighted by Crippen LogP contribution is 2.04. The summed E-state index contributed by atoms with van der Waals surface area (Å²) >= 11 is 0. The van der Waals surface area contributed by atoms with Crippen molar-refractivity contribution in [3.05, 3.63) is 59.7 Å². The van der Waals surface area contributed by atoms with Crippen LogP contribution < -0.4 is 22.9 Å². The van der Waals surface area contributed by atoms with Crippen molar-refractivity contribution in [1.82, 2.24) is 0 Å². The van der Waals surface area contributed by atoms with Crippen LogP contribution in [0.1, 0.15) is 11.1 Å². The molecule has 4 heteroatoms. The zero-order valence-electron chi connectivity index (χ0n) is 10.3. The van der Waals surface area contributed by atoms with Gasteiger partial charge < -0.3 is 22.9 Å². The molecule has 0 saturated carbocycles. The standard InChI is InChI=1S/2C7H10N2/c8-5-6-1-3-7(9)4-2-6;8-5-6-2-1-3-7(9)4-6/h2*1-4H,5,8-9H2. The van der Waals surface area contributed by atoms with E-state index in [9.17, 15) is 0 Å². The van der Waals surface area contributed by atoms with E-state index >= 15 is 0 Å². The fraction of sp³-hybridized carbons (Fsp3) is 0.143. The first-order valence-electron chi connectivity index (χ1n) is 5.74. The minimum absolute atomic E-state index is 0.561. The minimum Gasteiger partial charge on any atom is -0.399 e. The zero-order chi connectivity index (χ0) is 13.4. The van der Waals surface area contributed by atoms with Crippen LogP contribution in [-0.2, 0) is 13.1 Å². The van der Waals surface area contributed by atoms with Gasteiger partial charge in [0.25, 0.3) is 0 Å². The third kappa shape index (κ3) is 4.86. The van der Waals surface area contributed by atoms with Crippen molar-refractivity contribution in [2.45, 2.75) is 13.1 Å². The molecule has 8 N–H and O–H groups in total. The lowest BCUT2D eigenvalue weighted by molar-refractivity contribution is 1.07. The van der Waals surface area contributed by atoms with Gasteiger partial charge in [-0.3, -0.25) is 0 Å². The molecule has 0 heterocycles. The molecule has 0 aliphatic heterocycles. The van der Waals surface area contributed by atoms with Crippen molar-refractivity contribution in [2.24, 2.45) is 11.5 Å². The Hall–Kier alpha value is -2.04. The van der Waals surface area contributed by atoms with Gasteiger partial charge in [-0.2, -0.15) is 0 Å². The van der Waals surface area contributed by atoms with Gasteiger partial charge in [0.2, 0.25) is 0 Å². The molecule has 0 atom stereocenters. The topological polar surface area (TPSA) is 104 Å². The fourth-order valence-corrected chi connectivity index (χ4v) is 1.37. The third-order valence-corrected chi connectivity index (χ3v) is 2.40. The van der Waals surface area contributed by atoms with Crippen molar-refractivity contribution < 1.29 is 0 Å². The van der Waals surface area contributed by atoms with Crippen LogP contribution in [0.15, 0.2) is 48.5 Å². The highest BCUT2D eigenvalue weighted by atomic mass is 14.6. The summed E-state index contributed by atoms with van der Waals surface area (Å²) in [7, 11) is 0. The number of anilines is 2. The number of benzene rings is 2. The molecule has 0 spiro atoms. The van der Waals surface area contributed by atoms with Crippen molar-refractivity contribution >= 4 is 11.4 Å². The molecular formula is C14H20N4. The Kier molecular flexibility index (Phi) is 5.70. The molecule has 2 aromatic rings. The molecule has 4 nitrogen and oxygen atoms in total. The van der Waals surface area contributed by atoms with Crippen molar-refractivity contribution in [2.75, 3.05) is 11.5 Å². The molecule has 0 fully saturated rings. The largest absolute Gasteiger partial charge is 0.399 e. The normalized spacial score (nSPS) is 9.44. The first-order valence-corrected chi connectivity index (χ1v) is 5.74. The summed E-state index contributed by atoms with van der Waals surface area (Å²) in [4.78, 5) is 0. The maximum Gasteiger partial charge on any atom is 0.0317 e. The lowest BCUT2D eigenvalue weighted by Gasteiger charge is -1.95. The van der Waals surface area contributed by atoms with Gasteiger partial charge in [0, 0.05) is 24.5 Å². The molecule has 96 valence electrons. The summed E-state index contributed by atoms with van der Waals surface area (Å²) < 4.78 is 0. The Morgan fingerprint density at radius 1 is 0.667 bits per heavy atom. The average molecular weight is 244 g/mol. The molecule has 0 saturated heterocycles. The van der Waals surface area contributed by atoms with Gasteiger partial charge in [-0.25, -0.2) is 0 Å². The van der Waals surface area contributed by atoms with Gasteiger partial charge in [0.05, 0.1) is 0 Å². The van der Waals surface area contributed by atoms with Crippen LogP contribution >= 0.6 is 0 Å². The van der Waals surface area contributed by atoms with Crippen LogP contribution in [0.5, 0.6) is 0 Å². The first kappa shape index (κ1) is 14.0. The highest BCUT2D eigenvalue weighted by molar-refractivity contribution is 5.40.